The van der Waals surface area contributed by atoms with Gasteiger partial charge in [-0.25, -0.2) is 9.98 Å². The molecule has 9 heteroatoms. The number of nitrogens with one attached hydrogen (secondary N) is 1. The molecule has 2 aromatic carbocycles. The van der Waals surface area contributed by atoms with E-state index in [1.807, 2.05) is 12.1 Å². The van der Waals surface area contributed by atoms with Crippen LogP contribution < -0.4 is 26.0 Å². The molecule has 0 saturated heterocycles. The SMILES string of the molecule is O=c1[nH]c(O)c(C=c2ccc(=C3N=c4ccc([N+](=O)[O-])cc4=N3)cc2)s1. The second-order valence-corrected chi connectivity index (χ2v) is 6.49. The topological polar surface area (TPSA) is 121 Å². The van der Waals surface area contributed by atoms with Gasteiger partial charge in [0.25, 0.3) is 5.69 Å². The molecular weight excluding hydrogens is 356 g/mol. The highest BCUT2D eigenvalue weighted by Gasteiger charge is 2.09. The van der Waals surface area contributed by atoms with Crippen LogP contribution >= 0.6 is 11.3 Å². The molecule has 0 aliphatic carbocycles. The number of aromatic amines is 1. The number of fused-ring (bicyclic) bond motifs is 1. The van der Waals surface area contributed by atoms with Crippen molar-refractivity contribution in [3.8, 4) is 5.88 Å². The average molecular weight is 366 g/mol. The molecule has 0 fully saturated rings. The molecule has 0 unspecified atom stereocenters. The summed E-state index contributed by atoms with van der Waals surface area (Å²) in [5, 5.41) is 23.1. The van der Waals surface area contributed by atoms with E-state index in [2.05, 4.69) is 15.0 Å². The Morgan fingerprint density at radius 1 is 1.12 bits per heavy atom. The number of nitro groups is 1. The van der Waals surface area contributed by atoms with Crippen LogP contribution in [0.5, 0.6) is 5.88 Å². The lowest BCUT2D eigenvalue weighted by molar-refractivity contribution is -0.385. The first-order valence-corrected chi connectivity index (χ1v) is 8.27. The molecule has 0 radical (unpaired) electrons. The van der Waals surface area contributed by atoms with E-state index in [0.29, 0.717) is 21.4 Å². The van der Waals surface area contributed by atoms with Crippen molar-refractivity contribution in [3.63, 3.8) is 0 Å². The number of benzene rings is 2. The summed E-state index contributed by atoms with van der Waals surface area (Å²) in [5.41, 5.74) is -0.0285. The molecule has 2 N–H and O–H groups in total. The Morgan fingerprint density at radius 3 is 2.50 bits per heavy atom. The van der Waals surface area contributed by atoms with Gasteiger partial charge in [0.2, 0.25) is 5.88 Å². The summed E-state index contributed by atoms with van der Waals surface area (Å²) in [4.78, 5) is 32.8. The number of rotatable bonds is 2. The first-order chi connectivity index (χ1) is 12.5. The standard InChI is InChI=1S/C17H10N4O4S/c22-16-14(26-17(23)20-16)7-9-1-3-10(4-2-9)15-18-12-6-5-11(21(24)25)8-13(12)19-15/h1-8,22H,(H,20,23). The summed E-state index contributed by atoms with van der Waals surface area (Å²) in [6, 6.07) is 11.6. The fourth-order valence-corrected chi connectivity index (χ4v) is 3.19. The van der Waals surface area contributed by atoms with Crippen LogP contribution in [0.15, 0.2) is 57.2 Å². The second-order valence-electron chi connectivity index (χ2n) is 5.47. The van der Waals surface area contributed by atoms with Gasteiger partial charge in [0.05, 0.1) is 20.5 Å². The minimum atomic E-state index is -0.469. The smallest absolute Gasteiger partial charge is 0.307 e. The molecule has 1 aromatic heterocycles. The fraction of sp³-hybridized carbons (Fsp3) is 0. The zero-order chi connectivity index (χ0) is 18.3. The van der Waals surface area contributed by atoms with Gasteiger partial charge in [-0.1, -0.05) is 35.6 Å². The summed E-state index contributed by atoms with van der Waals surface area (Å²) < 4.78 is 0. The molecular formula is C17H10N4O4S. The summed E-state index contributed by atoms with van der Waals surface area (Å²) >= 11 is 0.920. The van der Waals surface area contributed by atoms with Crippen molar-refractivity contribution < 1.29 is 10.0 Å². The maximum atomic E-state index is 11.2. The highest BCUT2D eigenvalue weighted by atomic mass is 32.1. The second kappa shape index (κ2) is 6.05. The Labute approximate surface area is 148 Å². The Morgan fingerprint density at radius 2 is 1.85 bits per heavy atom. The number of nitrogens with zero attached hydrogens (tertiary/aromatic N) is 3. The van der Waals surface area contributed by atoms with E-state index in [1.165, 1.54) is 12.1 Å². The third-order valence-electron chi connectivity index (χ3n) is 3.75. The molecule has 1 aliphatic heterocycles. The van der Waals surface area contributed by atoms with Crippen LogP contribution in [-0.2, 0) is 0 Å². The van der Waals surface area contributed by atoms with Gasteiger partial charge in [-0.3, -0.25) is 19.9 Å². The molecule has 0 spiro atoms. The Kier molecular flexibility index (Phi) is 3.70. The van der Waals surface area contributed by atoms with Crippen LogP contribution in [0.1, 0.15) is 4.88 Å². The zero-order valence-corrected chi connectivity index (χ0v) is 13.9. The van der Waals surface area contributed by atoms with E-state index in [-0.39, 0.29) is 16.4 Å². The Bertz CT molecular complexity index is 1330. The lowest BCUT2D eigenvalue weighted by Crippen LogP contribution is -2.21. The largest absolute Gasteiger partial charge is 0.493 e. The molecule has 8 nitrogen and oxygen atoms in total. The van der Waals surface area contributed by atoms with E-state index < -0.39 is 4.92 Å². The zero-order valence-electron chi connectivity index (χ0n) is 13.0. The Balaban J connectivity index is 1.78. The molecule has 26 heavy (non-hydrogen) atoms. The van der Waals surface area contributed by atoms with Crippen molar-refractivity contribution in [2.24, 2.45) is 9.98 Å². The van der Waals surface area contributed by atoms with Crippen LogP contribution in [0.4, 0.5) is 5.69 Å². The highest BCUT2D eigenvalue weighted by Crippen LogP contribution is 2.15. The van der Waals surface area contributed by atoms with E-state index in [1.54, 1.807) is 24.3 Å². The number of hydrogen-bond acceptors (Lipinski definition) is 7. The number of aromatic hydroxyl groups is 1. The number of non-ortho nitro benzene ring substituents is 1. The Hall–Kier alpha value is -3.59. The molecule has 3 aromatic rings. The first kappa shape index (κ1) is 15.9. The van der Waals surface area contributed by atoms with Crippen molar-refractivity contribution >= 4 is 28.9 Å². The molecule has 2 heterocycles. The summed E-state index contributed by atoms with van der Waals surface area (Å²) in [6.07, 6.45) is 1.69. The van der Waals surface area contributed by atoms with Crippen LogP contribution in [0.2, 0.25) is 0 Å². The highest BCUT2D eigenvalue weighted by molar-refractivity contribution is 7.10. The molecule has 0 amide bonds. The van der Waals surface area contributed by atoms with Crippen molar-refractivity contribution in [2.45, 2.75) is 0 Å². The van der Waals surface area contributed by atoms with Crippen LogP contribution in [-0.4, -0.2) is 15.0 Å². The van der Waals surface area contributed by atoms with Crippen molar-refractivity contribution in [1.29, 1.82) is 0 Å². The number of H-pyrrole nitrogens is 1. The maximum absolute atomic E-state index is 11.2. The van der Waals surface area contributed by atoms with Crippen molar-refractivity contribution in [1.82, 2.24) is 4.98 Å². The predicted octanol–water partition coefficient (Wildman–Crippen LogP) is -0.102. The molecule has 0 atom stereocenters. The van der Waals surface area contributed by atoms with E-state index >= 15 is 0 Å². The molecule has 0 bridgehead atoms. The predicted molar refractivity (Wildman–Crippen MR) is 94.7 cm³/mol. The number of hydrogen-bond donors (Lipinski definition) is 2. The molecule has 0 saturated carbocycles. The van der Waals surface area contributed by atoms with Gasteiger partial charge in [0.1, 0.15) is 0 Å². The van der Waals surface area contributed by atoms with Gasteiger partial charge in [-0.05, 0) is 17.4 Å². The van der Waals surface area contributed by atoms with Gasteiger partial charge in [0, 0.05) is 17.4 Å². The monoisotopic (exact) mass is 366 g/mol. The molecule has 128 valence electrons. The molecule has 1 aliphatic rings. The number of nitro benzene ring substituents is 1. The number of aromatic nitrogens is 1. The number of thiazole rings is 1. The summed E-state index contributed by atoms with van der Waals surface area (Å²) in [5.74, 6) is 0.317. The van der Waals surface area contributed by atoms with Crippen LogP contribution in [0.25, 0.3) is 11.9 Å². The minimum Gasteiger partial charge on any atom is -0.493 e. The third kappa shape index (κ3) is 2.91. The van der Waals surface area contributed by atoms with Crippen LogP contribution in [0, 0.1) is 10.1 Å². The van der Waals surface area contributed by atoms with Crippen molar-refractivity contribution in [2.75, 3.05) is 0 Å². The van der Waals surface area contributed by atoms with Crippen molar-refractivity contribution in [3.05, 3.63) is 88.3 Å². The average Bonchev–Trinajstić information content (AvgIpc) is 3.17. The van der Waals surface area contributed by atoms with E-state index in [0.717, 1.165) is 21.8 Å². The fourth-order valence-electron chi connectivity index (χ4n) is 2.50. The maximum Gasteiger partial charge on any atom is 0.307 e. The third-order valence-corrected chi connectivity index (χ3v) is 4.56. The summed E-state index contributed by atoms with van der Waals surface area (Å²) in [7, 11) is 0. The van der Waals surface area contributed by atoms with Gasteiger partial charge >= 0.3 is 4.87 Å². The lowest BCUT2D eigenvalue weighted by atomic mass is 10.2. The lowest BCUT2D eigenvalue weighted by Gasteiger charge is -1.91. The summed E-state index contributed by atoms with van der Waals surface area (Å²) in [6.45, 7) is 0. The van der Waals surface area contributed by atoms with Gasteiger partial charge < -0.3 is 5.11 Å². The normalized spacial score (nSPS) is 12.2. The quantitative estimate of drug-likeness (QED) is 0.486. The minimum absolute atomic E-state index is 0.0285. The van der Waals surface area contributed by atoms with E-state index in [4.69, 9.17) is 0 Å². The molecule has 4 rings (SSSR count). The van der Waals surface area contributed by atoms with Gasteiger partial charge in [0.15, 0.2) is 5.82 Å². The van der Waals surface area contributed by atoms with E-state index in [9.17, 15) is 20.0 Å². The first-order valence-electron chi connectivity index (χ1n) is 7.46. The van der Waals surface area contributed by atoms with Gasteiger partial charge in [-0.2, -0.15) is 0 Å². The van der Waals surface area contributed by atoms with Crippen LogP contribution in [0.3, 0.4) is 0 Å². The van der Waals surface area contributed by atoms with Gasteiger partial charge in [-0.15, -0.1) is 0 Å².